The zero-order valence-corrected chi connectivity index (χ0v) is 14.4. The maximum atomic E-state index is 11.8. The van der Waals surface area contributed by atoms with Crippen molar-refractivity contribution >= 4 is 29.0 Å². The maximum Gasteiger partial charge on any atom is 0.344 e. The fourth-order valence-corrected chi connectivity index (χ4v) is 3.33. The van der Waals surface area contributed by atoms with Crippen molar-refractivity contribution < 1.29 is 4.92 Å². The number of nitro groups is 1. The van der Waals surface area contributed by atoms with Gasteiger partial charge in [0.05, 0.1) is 4.92 Å². The average molecular weight is 352 g/mol. The normalized spacial score (nSPS) is 10.4. The highest BCUT2D eigenvalue weighted by atomic mass is 32.2. The first-order valence-electron chi connectivity index (χ1n) is 7.75. The molecule has 6 nitrogen and oxygen atoms in total. The summed E-state index contributed by atoms with van der Waals surface area (Å²) in [7, 11) is 0. The van der Waals surface area contributed by atoms with E-state index in [-0.39, 0.29) is 5.69 Å². The van der Waals surface area contributed by atoms with Crippen LogP contribution in [0.15, 0.2) is 76.9 Å². The minimum atomic E-state index is -0.411. The molecule has 7 heteroatoms. The lowest BCUT2D eigenvalue weighted by molar-refractivity contribution is -0.387. The largest absolute Gasteiger partial charge is 0.344 e. The molecule has 0 spiro atoms. The molecule has 0 amide bonds. The van der Waals surface area contributed by atoms with Gasteiger partial charge in [-0.2, -0.15) is 0 Å². The van der Waals surface area contributed by atoms with Gasteiger partial charge in [-0.25, -0.2) is 9.97 Å². The summed E-state index contributed by atoms with van der Waals surface area (Å²) in [6, 6.07) is 19.0. The summed E-state index contributed by atoms with van der Waals surface area (Å²) in [5, 5.41) is 12.1. The Morgan fingerprint density at radius 3 is 2.28 bits per heavy atom. The standard InChI is InChI=1S/C18H16N4O2S/c1-2-21(14-9-5-3-6-10-14)17-16(22(23)24)18(20-13-19-17)25-15-11-7-4-8-12-15/h3-13H,2H2,1H3. The van der Waals surface area contributed by atoms with Gasteiger partial charge in [0, 0.05) is 17.1 Å². The second-order valence-corrected chi connectivity index (χ2v) is 6.17. The quantitative estimate of drug-likeness (QED) is 0.364. The van der Waals surface area contributed by atoms with Crippen LogP contribution in [0.3, 0.4) is 0 Å². The zero-order chi connectivity index (χ0) is 17.6. The SMILES string of the molecule is CCN(c1ccccc1)c1ncnc(Sc2ccccc2)c1[N+](=O)[O-]. The number of rotatable bonds is 6. The van der Waals surface area contributed by atoms with Crippen LogP contribution in [0.5, 0.6) is 0 Å². The number of benzene rings is 2. The molecular weight excluding hydrogens is 336 g/mol. The Hall–Kier alpha value is -2.93. The number of para-hydroxylation sites is 1. The molecule has 0 aliphatic carbocycles. The molecule has 0 N–H and O–H groups in total. The first-order valence-corrected chi connectivity index (χ1v) is 8.57. The molecule has 0 aliphatic heterocycles. The molecule has 2 aromatic carbocycles. The van der Waals surface area contributed by atoms with Gasteiger partial charge in [-0.05, 0) is 31.2 Å². The Bertz CT molecular complexity index is 859. The van der Waals surface area contributed by atoms with Crippen LogP contribution >= 0.6 is 11.8 Å². The summed E-state index contributed by atoms with van der Waals surface area (Å²) in [5.41, 5.74) is 0.768. The van der Waals surface area contributed by atoms with Crippen molar-refractivity contribution in [3.63, 3.8) is 0 Å². The van der Waals surface area contributed by atoms with E-state index in [1.54, 1.807) is 0 Å². The second-order valence-electron chi connectivity index (χ2n) is 5.10. The highest BCUT2D eigenvalue weighted by molar-refractivity contribution is 7.99. The molecular formula is C18H16N4O2S. The lowest BCUT2D eigenvalue weighted by Crippen LogP contribution is -2.19. The molecule has 0 radical (unpaired) electrons. The maximum absolute atomic E-state index is 11.8. The third-order valence-corrected chi connectivity index (χ3v) is 4.55. The van der Waals surface area contributed by atoms with Crippen LogP contribution in [-0.4, -0.2) is 21.4 Å². The van der Waals surface area contributed by atoms with Crippen molar-refractivity contribution in [2.75, 3.05) is 11.4 Å². The number of hydrogen-bond acceptors (Lipinski definition) is 6. The van der Waals surface area contributed by atoms with E-state index in [1.165, 1.54) is 18.1 Å². The summed E-state index contributed by atoms with van der Waals surface area (Å²) >= 11 is 1.26. The molecule has 0 unspecified atom stereocenters. The molecule has 0 saturated heterocycles. The Labute approximate surface area is 149 Å². The summed E-state index contributed by atoms with van der Waals surface area (Å²) in [4.78, 5) is 22.4. The predicted octanol–water partition coefficient (Wildman–Crippen LogP) is 4.69. The molecule has 126 valence electrons. The van der Waals surface area contributed by atoms with Crippen LogP contribution in [-0.2, 0) is 0 Å². The van der Waals surface area contributed by atoms with Gasteiger partial charge in [-0.15, -0.1) is 0 Å². The molecule has 0 aliphatic rings. The van der Waals surface area contributed by atoms with Crippen LogP contribution in [0.2, 0.25) is 0 Å². The fraction of sp³-hybridized carbons (Fsp3) is 0.111. The predicted molar refractivity (Wildman–Crippen MR) is 98.4 cm³/mol. The molecule has 0 saturated carbocycles. The van der Waals surface area contributed by atoms with Gasteiger partial charge < -0.3 is 4.90 Å². The molecule has 0 atom stereocenters. The third-order valence-electron chi connectivity index (χ3n) is 3.55. The van der Waals surface area contributed by atoms with E-state index in [0.29, 0.717) is 17.4 Å². The Morgan fingerprint density at radius 2 is 1.68 bits per heavy atom. The minimum Gasteiger partial charge on any atom is -0.321 e. The van der Waals surface area contributed by atoms with E-state index in [0.717, 1.165) is 10.6 Å². The highest BCUT2D eigenvalue weighted by Crippen LogP contribution is 2.39. The van der Waals surface area contributed by atoms with Crippen LogP contribution in [0, 0.1) is 10.1 Å². The van der Waals surface area contributed by atoms with Crippen LogP contribution in [0.4, 0.5) is 17.2 Å². The Kier molecular flexibility index (Phi) is 5.25. The van der Waals surface area contributed by atoms with Gasteiger partial charge in [-0.1, -0.05) is 48.2 Å². The topological polar surface area (TPSA) is 72.2 Å². The van der Waals surface area contributed by atoms with Crippen molar-refractivity contribution in [3.8, 4) is 0 Å². The summed E-state index contributed by atoms with van der Waals surface area (Å²) in [6.07, 6.45) is 1.37. The van der Waals surface area contributed by atoms with Gasteiger partial charge in [0.15, 0.2) is 5.03 Å². The lowest BCUT2D eigenvalue weighted by Gasteiger charge is -2.22. The first-order chi connectivity index (χ1) is 12.2. The van der Waals surface area contributed by atoms with Gasteiger partial charge in [0.25, 0.3) is 0 Å². The zero-order valence-electron chi connectivity index (χ0n) is 13.6. The van der Waals surface area contributed by atoms with Crippen LogP contribution < -0.4 is 4.90 Å². The van der Waals surface area contributed by atoms with E-state index in [4.69, 9.17) is 0 Å². The van der Waals surface area contributed by atoms with Gasteiger partial charge in [-0.3, -0.25) is 10.1 Å². The molecule has 0 bridgehead atoms. The van der Waals surface area contributed by atoms with Crippen LogP contribution in [0.25, 0.3) is 0 Å². The summed E-state index contributed by atoms with van der Waals surface area (Å²) < 4.78 is 0. The van der Waals surface area contributed by atoms with Gasteiger partial charge >= 0.3 is 5.69 Å². The third kappa shape index (κ3) is 3.77. The lowest BCUT2D eigenvalue weighted by atomic mass is 10.2. The summed E-state index contributed by atoms with van der Waals surface area (Å²) in [6.45, 7) is 2.49. The fourth-order valence-electron chi connectivity index (χ4n) is 2.45. The second kappa shape index (κ2) is 7.76. The number of aromatic nitrogens is 2. The minimum absolute atomic E-state index is 0.0814. The van der Waals surface area contributed by atoms with Crippen molar-refractivity contribution in [2.24, 2.45) is 0 Å². The molecule has 1 heterocycles. The van der Waals surface area contributed by atoms with E-state index in [2.05, 4.69) is 9.97 Å². The number of anilines is 2. The van der Waals surface area contributed by atoms with Gasteiger partial charge in [0.2, 0.25) is 5.82 Å². The number of nitrogens with zero attached hydrogens (tertiary/aromatic N) is 4. The van der Waals surface area contributed by atoms with Crippen molar-refractivity contribution in [3.05, 3.63) is 77.1 Å². The van der Waals surface area contributed by atoms with Crippen molar-refractivity contribution in [1.82, 2.24) is 9.97 Å². The van der Waals surface area contributed by atoms with E-state index < -0.39 is 4.92 Å². The molecule has 25 heavy (non-hydrogen) atoms. The van der Waals surface area contributed by atoms with E-state index >= 15 is 0 Å². The smallest absolute Gasteiger partial charge is 0.321 e. The molecule has 3 rings (SSSR count). The van der Waals surface area contributed by atoms with Crippen LogP contribution in [0.1, 0.15) is 6.92 Å². The highest BCUT2D eigenvalue weighted by Gasteiger charge is 2.27. The van der Waals surface area contributed by atoms with Crippen molar-refractivity contribution in [1.29, 1.82) is 0 Å². The van der Waals surface area contributed by atoms with Gasteiger partial charge in [0.1, 0.15) is 6.33 Å². The molecule has 0 fully saturated rings. The summed E-state index contributed by atoms with van der Waals surface area (Å²) in [5.74, 6) is 0.298. The van der Waals surface area contributed by atoms with E-state index in [1.807, 2.05) is 72.5 Å². The van der Waals surface area contributed by atoms with Crippen molar-refractivity contribution in [2.45, 2.75) is 16.8 Å². The molecule has 1 aromatic heterocycles. The molecule has 3 aromatic rings. The Balaban J connectivity index is 2.07. The first kappa shape index (κ1) is 16.9. The number of hydrogen-bond donors (Lipinski definition) is 0. The monoisotopic (exact) mass is 352 g/mol. The Morgan fingerprint density at radius 1 is 1.04 bits per heavy atom. The average Bonchev–Trinajstić information content (AvgIpc) is 2.64. The van der Waals surface area contributed by atoms with E-state index in [9.17, 15) is 10.1 Å².